The molecule has 0 spiro atoms. The molecule has 3 aromatic heterocycles. The molecule has 0 saturated carbocycles. The smallest absolute Gasteiger partial charge is 0.349 e. The van der Waals surface area contributed by atoms with Gasteiger partial charge >= 0.3 is 5.97 Å². The first-order valence-electron chi connectivity index (χ1n) is 24.5. The number of ether oxygens (including phenoxy) is 1. The fraction of sp³-hybridized carbons (Fsp3) is 0.426. The molecule has 5 heterocycles. The van der Waals surface area contributed by atoms with E-state index in [1.54, 1.807) is 7.05 Å². The van der Waals surface area contributed by atoms with Gasteiger partial charge in [0.1, 0.15) is 35.3 Å². The lowest BCUT2D eigenvalue weighted by Crippen LogP contribution is -2.49. The summed E-state index contributed by atoms with van der Waals surface area (Å²) in [6, 6.07) is 19.7. The minimum atomic E-state index is -1.13. The molecule has 2 saturated heterocycles. The van der Waals surface area contributed by atoms with Gasteiger partial charge in [0.25, 0.3) is 0 Å². The molecule has 2 amide bonds. The normalized spacial score (nSPS) is 15.6. The fourth-order valence-electron chi connectivity index (χ4n) is 9.40. The van der Waals surface area contributed by atoms with Crippen molar-refractivity contribution in [1.82, 2.24) is 25.6 Å². The molecule has 0 radical (unpaired) electrons. The van der Waals surface area contributed by atoms with Gasteiger partial charge in [-0.25, -0.2) is 14.8 Å². The number of carboxylic acids is 1. The van der Waals surface area contributed by atoms with Crippen molar-refractivity contribution < 1.29 is 38.9 Å². The molecular weight excluding hydrogens is 956 g/mol. The summed E-state index contributed by atoms with van der Waals surface area (Å²) in [5.41, 5.74) is 7.53. The van der Waals surface area contributed by atoms with E-state index in [1.807, 2.05) is 69.4 Å². The molecule has 386 valence electrons. The summed E-state index contributed by atoms with van der Waals surface area (Å²) >= 11 is 7.45. The first-order valence-corrected chi connectivity index (χ1v) is 25.7. The number of halogens is 1. The van der Waals surface area contributed by atoms with Gasteiger partial charge in [-0.15, -0.1) is 11.3 Å². The van der Waals surface area contributed by atoms with Gasteiger partial charge in [-0.1, -0.05) is 68.8 Å². The number of carbonyl (C=O) groups is 5. The Balaban J connectivity index is 0.000000264. The fourth-order valence-corrected chi connectivity index (χ4v) is 10.8. The number of aliphatic hydroxyl groups excluding tert-OH is 1. The van der Waals surface area contributed by atoms with E-state index in [2.05, 4.69) is 69.8 Å². The largest absolute Gasteiger partial charge is 0.483 e. The molecule has 18 heteroatoms. The van der Waals surface area contributed by atoms with Gasteiger partial charge in [-0.05, 0) is 112 Å². The number of carbonyl (C=O) groups excluding carboxylic acids is 4. The van der Waals surface area contributed by atoms with E-state index >= 15 is 0 Å². The molecule has 72 heavy (non-hydrogen) atoms. The Morgan fingerprint density at radius 3 is 2.43 bits per heavy atom. The van der Waals surface area contributed by atoms with E-state index < -0.39 is 12.0 Å². The standard InChI is InChI=1S/C31H36N6O3.C20H23ClN2O4S.C2H6.CH4O/c1-4-22-18-33-30-25(34-22)17-28(35-30)36-14-12-21(13-15-36)23-10-11-26(29-20(2)7-5-8-24(23)29)37(19-39)27(9-6-16-38)31(40)32-3;1-20(2)11-14(6-7-22-20)23-13-5-3-4-12(10-13)17-15(21)16(27-9-8-24)18(28-17)19(25)26;2*1-2/h5,7-8,10-11,16-19,21,27H,4,6,9,12-15H2,1-3H3,(H,32,40)(H,33,35);3-5,8,10,14,22-23H,6-7,9,11H2,1-2H3,(H,25,26);1-2H3;2H,1H3. The summed E-state index contributed by atoms with van der Waals surface area (Å²) in [7, 11) is 2.54. The number of rotatable bonds is 17. The summed E-state index contributed by atoms with van der Waals surface area (Å²) in [6.45, 7) is 15.0. The van der Waals surface area contributed by atoms with Crippen LogP contribution in [-0.4, -0.2) is 114 Å². The number of nitrogens with zero attached hydrogens (tertiary/aromatic N) is 4. The zero-order valence-corrected chi connectivity index (χ0v) is 44.1. The highest BCUT2D eigenvalue weighted by Crippen LogP contribution is 2.46. The van der Waals surface area contributed by atoms with Gasteiger partial charge in [0.05, 0.1) is 22.5 Å². The number of likely N-dealkylation sites (N-methyl/N-ethyl adjacent to an activating group) is 1. The Morgan fingerprint density at radius 1 is 1.04 bits per heavy atom. The second-order valence-electron chi connectivity index (χ2n) is 17.8. The lowest BCUT2D eigenvalue weighted by Gasteiger charge is -2.37. The maximum absolute atomic E-state index is 12.7. The van der Waals surface area contributed by atoms with Gasteiger partial charge in [0, 0.05) is 62.4 Å². The minimum absolute atomic E-state index is 0.0136. The molecule has 0 aliphatic carbocycles. The number of aromatic nitrogens is 3. The molecule has 2 fully saturated rings. The van der Waals surface area contributed by atoms with Crippen LogP contribution in [0.25, 0.3) is 32.4 Å². The third-order valence-electron chi connectivity index (χ3n) is 12.7. The number of carboxylic acid groups (broad SMARTS) is 1. The first-order chi connectivity index (χ1) is 34.8. The number of aliphatic hydroxyl groups is 1. The lowest BCUT2D eigenvalue weighted by atomic mass is 9.85. The van der Waals surface area contributed by atoms with Crippen LogP contribution in [0, 0.1) is 6.92 Å². The van der Waals surface area contributed by atoms with Crippen molar-refractivity contribution in [2.24, 2.45) is 0 Å². The molecule has 16 nitrogen and oxygen atoms in total. The minimum Gasteiger partial charge on any atom is -0.483 e. The number of amides is 2. The third-order valence-corrected chi connectivity index (χ3v) is 14.4. The third kappa shape index (κ3) is 13.6. The Bertz CT molecular complexity index is 2790. The Labute approximate surface area is 430 Å². The quantitative estimate of drug-likeness (QED) is 0.0470. The molecule has 6 N–H and O–H groups in total. The van der Waals surface area contributed by atoms with Crippen LogP contribution in [0.1, 0.15) is 106 Å². The molecule has 3 aromatic carbocycles. The van der Waals surface area contributed by atoms with Crippen LogP contribution >= 0.6 is 22.9 Å². The molecular formula is C54H69ClN8O8S. The predicted octanol–water partition coefficient (Wildman–Crippen LogP) is 9.34. The first kappa shape index (κ1) is 56.5. The topological polar surface area (TPSA) is 219 Å². The summed E-state index contributed by atoms with van der Waals surface area (Å²) in [5, 5.41) is 28.4. The van der Waals surface area contributed by atoms with Crippen LogP contribution in [0.2, 0.25) is 5.02 Å². The van der Waals surface area contributed by atoms with Crippen molar-refractivity contribution in [3.63, 3.8) is 0 Å². The average molecular weight is 1030 g/mol. The number of benzene rings is 3. The van der Waals surface area contributed by atoms with Crippen LogP contribution in [0.15, 0.2) is 66.9 Å². The predicted molar refractivity (Wildman–Crippen MR) is 289 cm³/mol. The second-order valence-corrected chi connectivity index (χ2v) is 19.2. The number of thiophene rings is 1. The second kappa shape index (κ2) is 26.9. The van der Waals surface area contributed by atoms with E-state index in [0.717, 1.165) is 127 Å². The van der Waals surface area contributed by atoms with Crippen LogP contribution in [-0.2, 0) is 25.6 Å². The number of hydrogen-bond acceptors (Lipinski definition) is 13. The summed E-state index contributed by atoms with van der Waals surface area (Å²) in [4.78, 5) is 75.4. The van der Waals surface area contributed by atoms with E-state index in [-0.39, 0.29) is 46.5 Å². The Morgan fingerprint density at radius 2 is 1.78 bits per heavy atom. The number of fused-ring (bicyclic) bond motifs is 2. The molecule has 2 unspecified atom stereocenters. The van der Waals surface area contributed by atoms with E-state index in [4.69, 9.17) is 26.4 Å². The van der Waals surface area contributed by atoms with Crippen LogP contribution in [0.4, 0.5) is 17.2 Å². The number of nitrogens with one attached hydrogen (secondary N) is 4. The highest BCUT2D eigenvalue weighted by molar-refractivity contribution is 7.18. The van der Waals surface area contributed by atoms with Crippen molar-refractivity contribution in [2.45, 2.75) is 110 Å². The van der Waals surface area contributed by atoms with Gasteiger partial charge in [0.15, 0.2) is 22.6 Å². The van der Waals surface area contributed by atoms with Crippen molar-refractivity contribution >= 4 is 92.9 Å². The number of hydrogen-bond donors (Lipinski definition) is 6. The van der Waals surface area contributed by atoms with Crippen molar-refractivity contribution in [3.8, 4) is 16.2 Å². The highest BCUT2D eigenvalue weighted by atomic mass is 35.5. The van der Waals surface area contributed by atoms with E-state index in [9.17, 15) is 29.1 Å². The van der Waals surface area contributed by atoms with Crippen LogP contribution < -0.4 is 30.5 Å². The number of anilines is 3. The SMILES string of the molecule is CC.CC1(C)CC(Nc2cccc(-c3sc(C(=O)O)c(OCC=O)c3Cl)c2)CCN1.CCc1cnc2[nH]c(N3CCC(c4ccc(N(C=O)C(CCC=O)C(=O)NC)c5c(C)cccc45)CC3)cc2n1.CO. The summed E-state index contributed by atoms with van der Waals surface area (Å²) < 4.78 is 5.26. The zero-order valence-electron chi connectivity index (χ0n) is 42.5. The van der Waals surface area contributed by atoms with Gasteiger partial charge in [-0.3, -0.25) is 14.4 Å². The maximum Gasteiger partial charge on any atom is 0.349 e. The molecule has 2 aliphatic heterocycles. The number of aromatic carboxylic acids is 1. The molecule has 6 aromatic rings. The number of piperidine rings is 2. The maximum atomic E-state index is 12.7. The van der Waals surface area contributed by atoms with E-state index in [1.165, 1.54) is 10.5 Å². The van der Waals surface area contributed by atoms with Crippen molar-refractivity contribution in [1.29, 1.82) is 0 Å². The van der Waals surface area contributed by atoms with Gasteiger partial charge in [-0.2, -0.15) is 0 Å². The average Bonchev–Trinajstić information content (AvgIpc) is 3.98. The molecule has 0 bridgehead atoms. The van der Waals surface area contributed by atoms with Crippen molar-refractivity contribution in [2.75, 3.05) is 55.5 Å². The number of aromatic amines is 1. The highest BCUT2D eigenvalue weighted by Gasteiger charge is 2.31. The van der Waals surface area contributed by atoms with Crippen molar-refractivity contribution in [3.05, 3.63) is 93.6 Å². The Kier molecular flexibility index (Phi) is 21.1. The monoisotopic (exact) mass is 1020 g/mol. The lowest BCUT2D eigenvalue weighted by molar-refractivity contribution is -0.123. The summed E-state index contributed by atoms with van der Waals surface area (Å²) in [6.07, 6.45) is 9.18. The van der Waals surface area contributed by atoms with Gasteiger partial charge < -0.3 is 50.5 Å². The van der Waals surface area contributed by atoms with Gasteiger partial charge in [0.2, 0.25) is 12.3 Å². The Hall–Kier alpha value is -6.40. The number of aryl methyl sites for hydroxylation is 2. The number of aldehydes is 2. The summed E-state index contributed by atoms with van der Waals surface area (Å²) in [5.74, 6) is 0.0248. The molecule has 2 atom stereocenters. The number of H-pyrrole nitrogens is 1. The zero-order chi connectivity index (χ0) is 52.5. The molecule has 8 rings (SSSR count). The van der Waals surface area contributed by atoms with Crippen LogP contribution in [0.5, 0.6) is 5.75 Å². The van der Waals surface area contributed by atoms with Crippen LogP contribution in [0.3, 0.4) is 0 Å². The van der Waals surface area contributed by atoms with E-state index in [0.29, 0.717) is 35.2 Å². The molecule has 2 aliphatic rings.